The predicted octanol–water partition coefficient (Wildman–Crippen LogP) is 3.18. The highest BCUT2D eigenvalue weighted by molar-refractivity contribution is 6.09. The van der Waals surface area contributed by atoms with E-state index in [0.29, 0.717) is 16.8 Å². The van der Waals surface area contributed by atoms with Crippen molar-refractivity contribution in [2.75, 3.05) is 19.5 Å². The van der Waals surface area contributed by atoms with Crippen LogP contribution in [0.1, 0.15) is 27.0 Å². The molecule has 2 aromatic carbocycles. The summed E-state index contributed by atoms with van der Waals surface area (Å²) in [7, 11) is 2.42. The van der Waals surface area contributed by atoms with Crippen LogP contribution >= 0.6 is 0 Å². The van der Waals surface area contributed by atoms with Crippen molar-refractivity contribution >= 4 is 23.4 Å². The number of anilines is 1. The number of methoxy groups -OCH3 is 2. The molecule has 0 amide bonds. The van der Waals surface area contributed by atoms with Crippen molar-refractivity contribution in [3.05, 3.63) is 76.5 Å². The average molecular weight is 367 g/mol. The second-order valence-electron chi connectivity index (χ2n) is 5.90. The number of aryl methyl sites for hydroxylation is 2. The van der Waals surface area contributed by atoms with Crippen LogP contribution < -0.4 is 5.32 Å². The van der Waals surface area contributed by atoms with Crippen molar-refractivity contribution in [2.24, 2.45) is 0 Å². The van der Waals surface area contributed by atoms with Crippen LogP contribution in [0.2, 0.25) is 0 Å². The maximum Gasteiger partial charge on any atom is 0.354 e. The van der Waals surface area contributed by atoms with E-state index < -0.39 is 11.9 Å². The third-order valence-corrected chi connectivity index (χ3v) is 4.06. The van der Waals surface area contributed by atoms with Crippen molar-refractivity contribution in [2.45, 2.75) is 13.8 Å². The molecule has 2 rings (SSSR count). The van der Waals surface area contributed by atoms with Gasteiger partial charge in [-0.05, 0) is 55.3 Å². The van der Waals surface area contributed by atoms with Crippen LogP contribution in [0, 0.1) is 13.8 Å². The first-order valence-corrected chi connectivity index (χ1v) is 8.22. The molecule has 0 saturated heterocycles. The van der Waals surface area contributed by atoms with E-state index in [2.05, 4.69) is 14.8 Å². The molecule has 2 aromatic rings. The highest BCUT2D eigenvalue weighted by atomic mass is 16.5. The Balaban J connectivity index is 2.21. The number of ketones is 1. The molecular formula is C21H21NO5. The molecule has 27 heavy (non-hydrogen) atoms. The number of rotatable bonds is 6. The van der Waals surface area contributed by atoms with Crippen LogP contribution in [-0.4, -0.2) is 31.9 Å². The maximum atomic E-state index is 12.6. The standard InChI is InChI=1S/C21H21NO5/c1-13-5-6-16(11-14(13)2)20(24)15-7-9-17(10-8-15)22-18(21(25)27-4)12-19(23)26-3/h5-12,22H,1-4H3/b18-12+. The van der Waals surface area contributed by atoms with Crippen LogP contribution in [0.5, 0.6) is 0 Å². The first-order valence-electron chi connectivity index (χ1n) is 8.22. The molecule has 6 heteroatoms. The minimum absolute atomic E-state index is 0.0717. The van der Waals surface area contributed by atoms with Crippen molar-refractivity contribution in [1.29, 1.82) is 0 Å². The number of nitrogens with one attached hydrogen (secondary N) is 1. The van der Waals surface area contributed by atoms with Gasteiger partial charge in [-0.2, -0.15) is 0 Å². The van der Waals surface area contributed by atoms with E-state index in [4.69, 9.17) is 0 Å². The molecule has 0 atom stereocenters. The summed E-state index contributed by atoms with van der Waals surface area (Å²) >= 11 is 0. The van der Waals surface area contributed by atoms with Gasteiger partial charge in [-0.15, -0.1) is 0 Å². The van der Waals surface area contributed by atoms with E-state index in [1.54, 1.807) is 30.3 Å². The SMILES string of the molecule is COC(=O)/C=C(/Nc1ccc(C(=O)c2ccc(C)c(C)c2)cc1)C(=O)OC. The van der Waals surface area contributed by atoms with Gasteiger partial charge < -0.3 is 14.8 Å². The molecule has 0 radical (unpaired) electrons. The molecule has 0 saturated carbocycles. The molecule has 0 aliphatic heterocycles. The first-order chi connectivity index (χ1) is 12.8. The van der Waals surface area contributed by atoms with Crippen molar-refractivity contribution in [3.8, 4) is 0 Å². The maximum absolute atomic E-state index is 12.6. The second kappa shape index (κ2) is 8.80. The fourth-order valence-electron chi connectivity index (χ4n) is 2.34. The van der Waals surface area contributed by atoms with Crippen molar-refractivity contribution in [3.63, 3.8) is 0 Å². The van der Waals surface area contributed by atoms with Crippen molar-refractivity contribution < 1.29 is 23.9 Å². The number of carbonyl (C=O) groups excluding carboxylic acids is 3. The minimum atomic E-state index is -0.712. The quantitative estimate of drug-likeness (QED) is 0.480. The van der Waals surface area contributed by atoms with Gasteiger partial charge in [-0.25, -0.2) is 9.59 Å². The topological polar surface area (TPSA) is 81.7 Å². The van der Waals surface area contributed by atoms with Gasteiger partial charge in [0.15, 0.2) is 5.78 Å². The molecule has 0 aliphatic carbocycles. The molecule has 1 N–H and O–H groups in total. The Morgan fingerprint density at radius 3 is 2.04 bits per heavy atom. The van der Waals surface area contributed by atoms with Gasteiger partial charge in [0, 0.05) is 16.8 Å². The summed E-state index contributed by atoms with van der Waals surface area (Å²) in [5.41, 5.74) is 3.75. The lowest BCUT2D eigenvalue weighted by Gasteiger charge is -2.10. The van der Waals surface area contributed by atoms with E-state index in [1.807, 2.05) is 26.0 Å². The zero-order valence-electron chi connectivity index (χ0n) is 15.7. The van der Waals surface area contributed by atoms with Crippen molar-refractivity contribution in [1.82, 2.24) is 0 Å². The minimum Gasteiger partial charge on any atom is -0.466 e. The third-order valence-electron chi connectivity index (χ3n) is 4.06. The van der Waals surface area contributed by atoms with E-state index in [0.717, 1.165) is 17.2 Å². The first kappa shape index (κ1) is 19.9. The van der Waals surface area contributed by atoms with Crippen LogP contribution in [0.25, 0.3) is 0 Å². The summed E-state index contributed by atoms with van der Waals surface area (Å²) < 4.78 is 9.16. The van der Waals surface area contributed by atoms with E-state index in [9.17, 15) is 14.4 Å². The largest absolute Gasteiger partial charge is 0.466 e. The molecular weight excluding hydrogens is 346 g/mol. The Bertz CT molecular complexity index is 897. The summed E-state index contributed by atoms with van der Waals surface area (Å²) in [6.07, 6.45) is 1.000. The Labute approximate surface area is 157 Å². The molecule has 0 aliphatic rings. The predicted molar refractivity (Wildman–Crippen MR) is 102 cm³/mol. The van der Waals surface area contributed by atoms with Gasteiger partial charge >= 0.3 is 11.9 Å². The van der Waals surface area contributed by atoms with E-state index >= 15 is 0 Å². The average Bonchev–Trinajstić information content (AvgIpc) is 2.68. The molecule has 140 valence electrons. The molecule has 0 aromatic heterocycles. The number of carbonyl (C=O) groups is 3. The molecule has 0 fully saturated rings. The van der Waals surface area contributed by atoms with Gasteiger partial charge in [-0.1, -0.05) is 12.1 Å². The lowest BCUT2D eigenvalue weighted by molar-refractivity contribution is -0.138. The highest BCUT2D eigenvalue weighted by Crippen LogP contribution is 2.18. The zero-order valence-corrected chi connectivity index (χ0v) is 15.7. The molecule has 6 nitrogen and oxygen atoms in total. The lowest BCUT2D eigenvalue weighted by Crippen LogP contribution is -2.15. The van der Waals surface area contributed by atoms with E-state index in [-0.39, 0.29) is 11.5 Å². The third kappa shape index (κ3) is 5.04. The number of esters is 2. The second-order valence-corrected chi connectivity index (χ2v) is 5.90. The van der Waals surface area contributed by atoms with Crippen LogP contribution in [0.3, 0.4) is 0 Å². The summed E-state index contributed by atoms with van der Waals surface area (Å²) in [6.45, 7) is 3.95. The van der Waals surface area contributed by atoms with Gasteiger partial charge in [0.05, 0.1) is 20.3 Å². The summed E-state index contributed by atoms with van der Waals surface area (Å²) in [4.78, 5) is 35.8. The number of hydrogen-bond acceptors (Lipinski definition) is 6. The monoisotopic (exact) mass is 367 g/mol. The molecule has 0 unspecified atom stereocenters. The summed E-state index contributed by atoms with van der Waals surface area (Å²) in [6, 6.07) is 12.1. The van der Waals surface area contributed by atoms with E-state index in [1.165, 1.54) is 14.2 Å². The molecule has 0 spiro atoms. The number of ether oxygens (including phenoxy) is 2. The summed E-state index contributed by atoms with van der Waals surface area (Å²) in [5.74, 6) is -1.50. The van der Waals surface area contributed by atoms with Gasteiger partial charge in [0.1, 0.15) is 5.70 Å². The fourth-order valence-corrected chi connectivity index (χ4v) is 2.34. The Morgan fingerprint density at radius 1 is 0.852 bits per heavy atom. The summed E-state index contributed by atoms with van der Waals surface area (Å²) in [5, 5.41) is 2.79. The molecule has 0 heterocycles. The lowest BCUT2D eigenvalue weighted by atomic mass is 9.99. The molecule has 0 bridgehead atoms. The normalized spacial score (nSPS) is 10.9. The van der Waals surface area contributed by atoms with Crippen LogP contribution in [0.4, 0.5) is 5.69 Å². The van der Waals surface area contributed by atoms with Gasteiger partial charge in [0.25, 0.3) is 0 Å². The zero-order chi connectivity index (χ0) is 20.0. The Kier molecular flexibility index (Phi) is 6.49. The van der Waals surface area contributed by atoms with Gasteiger partial charge in [-0.3, -0.25) is 4.79 Å². The Morgan fingerprint density at radius 2 is 1.48 bits per heavy atom. The van der Waals surface area contributed by atoms with Crippen LogP contribution in [-0.2, 0) is 19.1 Å². The Hall–Kier alpha value is -3.41. The smallest absolute Gasteiger partial charge is 0.354 e. The van der Waals surface area contributed by atoms with Crippen LogP contribution in [0.15, 0.2) is 54.2 Å². The van der Waals surface area contributed by atoms with Gasteiger partial charge in [0.2, 0.25) is 0 Å². The fraction of sp³-hybridized carbons (Fsp3) is 0.190. The number of benzene rings is 2. The highest BCUT2D eigenvalue weighted by Gasteiger charge is 2.14. The number of hydrogen-bond donors (Lipinski definition) is 1.